The Bertz CT molecular complexity index is 400. The van der Waals surface area contributed by atoms with Gasteiger partial charge in [0.15, 0.2) is 0 Å². The van der Waals surface area contributed by atoms with Crippen LogP contribution in [-0.4, -0.2) is 12.6 Å². The lowest BCUT2D eigenvalue weighted by atomic mass is 9.95. The molecule has 0 atom stereocenters. The lowest BCUT2D eigenvalue weighted by molar-refractivity contribution is -0.160. The second kappa shape index (κ2) is 4.65. The van der Waals surface area contributed by atoms with Gasteiger partial charge in [0.25, 0.3) is 0 Å². The van der Waals surface area contributed by atoms with Crippen molar-refractivity contribution in [3.05, 3.63) is 29.8 Å². The Morgan fingerprint density at radius 3 is 2.18 bits per heavy atom. The van der Waals surface area contributed by atoms with E-state index in [1.54, 1.807) is 12.1 Å². The summed E-state index contributed by atoms with van der Waals surface area (Å²) in [5.41, 5.74) is 8.70. The fourth-order valence-corrected chi connectivity index (χ4v) is 1.70. The van der Waals surface area contributed by atoms with Gasteiger partial charge in [0.1, 0.15) is 0 Å². The molecule has 1 saturated carbocycles. The average molecular weight is 246 g/mol. The minimum Gasteiger partial charge on any atom is -0.399 e. The van der Waals surface area contributed by atoms with E-state index in [0.29, 0.717) is 11.3 Å². The van der Waals surface area contributed by atoms with Gasteiger partial charge in [0.2, 0.25) is 6.41 Å². The van der Waals surface area contributed by atoms with Crippen molar-refractivity contribution in [3.63, 3.8) is 0 Å². The second-order valence-electron chi connectivity index (χ2n) is 3.84. The van der Waals surface area contributed by atoms with Gasteiger partial charge in [-0.2, -0.15) is 13.2 Å². The van der Waals surface area contributed by atoms with Crippen molar-refractivity contribution in [1.29, 1.82) is 0 Å². The molecule has 1 amide bonds. The highest BCUT2D eigenvalue weighted by Gasteiger charge is 2.64. The number of anilines is 1. The van der Waals surface area contributed by atoms with Crippen molar-refractivity contribution >= 4 is 12.1 Å². The Morgan fingerprint density at radius 2 is 1.82 bits per heavy atom. The van der Waals surface area contributed by atoms with Crippen molar-refractivity contribution in [2.24, 2.45) is 5.73 Å². The molecule has 0 aromatic heterocycles. The highest BCUT2D eigenvalue weighted by Crippen LogP contribution is 2.58. The lowest BCUT2D eigenvalue weighted by Gasteiger charge is -2.19. The third-order valence-corrected chi connectivity index (χ3v) is 2.73. The number of hydrogen-bond donors (Lipinski definition) is 2. The van der Waals surface area contributed by atoms with E-state index < -0.39 is 11.6 Å². The minimum absolute atomic E-state index is 0.181. The lowest BCUT2D eigenvalue weighted by Crippen LogP contribution is -2.28. The van der Waals surface area contributed by atoms with Gasteiger partial charge in [-0.15, -0.1) is 0 Å². The summed E-state index contributed by atoms with van der Waals surface area (Å²) >= 11 is 0. The molecule has 0 saturated heterocycles. The topological polar surface area (TPSA) is 69.1 Å². The Balaban J connectivity index is 0.000000437. The molecule has 94 valence electrons. The Kier molecular flexibility index (Phi) is 3.65. The number of primary amides is 1. The van der Waals surface area contributed by atoms with Gasteiger partial charge in [0, 0.05) is 5.69 Å². The molecule has 0 aliphatic heterocycles. The molecule has 0 heterocycles. The molecular weight excluding hydrogens is 233 g/mol. The van der Waals surface area contributed by atoms with E-state index in [4.69, 9.17) is 10.5 Å². The monoisotopic (exact) mass is 246 g/mol. The summed E-state index contributed by atoms with van der Waals surface area (Å²) in [6.45, 7) is 0. The molecule has 0 spiro atoms. The summed E-state index contributed by atoms with van der Waals surface area (Å²) in [4.78, 5) is 8.58. The van der Waals surface area contributed by atoms with Crippen molar-refractivity contribution in [1.82, 2.24) is 0 Å². The third-order valence-electron chi connectivity index (χ3n) is 2.73. The summed E-state index contributed by atoms with van der Waals surface area (Å²) in [5, 5.41) is 0. The van der Waals surface area contributed by atoms with Crippen molar-refractivity contribution in [2.75, 3.05) is 5.73 Å². The van der Waals surface area contributed by atoms with Crippen LogP contribution < -0.4 is 11.5 Å². The molecule has 4 N–H and O–H groups in total. The van der Waals surface area contributed by atoms with Crippen molar-refractivity contribution in [3.8, 4) is 0 Å². The average Bonchev–Trinajstić information content (AvgIpc) is 2.98. The van der Waals surface area contributed by atoms with Crippen LogP contribution in [0, 0.1) is 0 Å². The Hall–Kier alpha value is -1.72. The SMILES string of the molecule is NC=O.Nc1cccc(C2(C(F)(F)F)CC2)c1. The van der Waals surface area contributed by atoms with Gasteiger partial charge >= 0.3 is 6.18 Å². The molecular formula is C11H13F3N2O. The molecule has 0 radical (unpaired) electrons. The predicted octanol–water partition coefficient (Wildman–Crippen LogP) is 1.96. The summed E-state index contributed by atoms with van der Waals surface area (Å²) < 4.78 is 38.0. The zero-order valence-corrected chi connectivity index (χ0v) is 9.00. The standard InChI is InChI=1S/C10H10F3N.CH3NO/c11-10(12,13)9(4-5-9)7-2-1-3-8(14)6-7;2-1-3/h1-3,6H,4-5,14H2;1H,(H2,2,3). The van der Waals surface area contributed by atoms with Crippen LogP contribution in [-0.2, 0) is 10.2 Å². The predicted molar refractivity (Wildman–Crippen MR) is 58.1 cm³/mol. The van der Waals surface area contributed by atoms with E-state index >= 15 is 0 Å². The molecule has 17 heavy (non-hydrogen) atoms. The first-order chi connectivity index (χ1) is 7.87. The quantitative estimate of drug-likeness (QED) is 0.587. The van der Waals surface area contributed by atoms with Crippen LogP contribution in [0.2, 0.25) is 0 Å². The van der Waals surface area contributed by atoms with Gasteiger partial charge in [-0.1, -0.05) is 12.1 Å². The fraction of sp³-hybridized carbons (Fsp3) is 0.364. The molecule has 2 rings (SSSR count). The van der Waals surface area contributed by atoms with Crippen molar-refractivity contribution in [2.45, 2.75) is 24.4 Å². The fourth-order valence-electron chi connectivity index (χ4n) is 1.70. The van der Waals surface area contributed by atoms with Crippen LogP contribution in [0.3, 0.4) is 0 Å². The number of amides is 1. The first-order valence-corrected chi connectivity index (χ1v) is 4.95. The summed E-state index contributed by atoms with van der Waals surface area (Å²) in [7, 11) is 0. The van der Waals surface area contributed by atoms with Crippen LogP contribution >= 0.6 is 0 Å². The van der Waals surface area contributed by atoms with Crippen LogP contribution in [0.1, 0.15) is 18.4 Å². The number of nitrogens with two attached hydrogens (primary N) is 2. The summed E-state index contributed by atoms with van der Waals surface area (Å²) in [6, 6.07) is 6.07. The number of benzene rings is 1. The number of alkyl halides is 3. The maximum atomic E-state index is 12.7. The molecule has 0 unspecified atom stereocenters. The highest BCUT2D eigenvalue weighted by atomic mass is 19.4. The van der Waals surface area contributed by atoms with Crippen molar-refractivity contribution < 1.29 is 18.0 Å². The first kappa shape index (κ1) is 13.3. The largest absolute Gasteiger partial charge is 0.399 e. The van der Waals surface area contributed by atoms with Crippen LogP contribution in [0.15, 0.2) is 24.3 Å². The Morgan fingerprint density at radius 1 is 1.29 bits per heavy atom. The highest BCUT2D eigenvalue weighted by molar-refractivity contribution is 5.46. The van der Waals surface area contributed by atoms with E-state index in [-0.39, 0.29) is 19.3 Å². The summed E-state index contributed by atoms with van der Waals surface area (Å²) in [5.74, 6) is 0. The molecule has 1 fully saturated rings. The maximum absolute atomic E-state index is 12.7. The molecule has 3 nitrogen and oxygen atoms in total. The number of rotatable bonds is 1. The van der Waals surface area contributed by atoms with E-state index in [2.05, 4.69) is 5.73 Å². The molecule has 1 aliphatic carbocycles. The van der Waals surface area contributed by atoms with Gasteiger partial charge in [-0.25, -0.2) is 0 Å². The molecule has 6 heteroatoms. The number of carbonyl (C=O) groups excluding carboxylic acids is 1. The third kappa shape index (κ3) is 2.69. The van der Waals surface area contributed by atoms with Gasteiger partial charge in [0.05, 0.1) is 5.41 Å². The van der Waals surface area contributed by atoms with E-state index in [1.165, 1.54) is 12.1 Å². The zero-order valence-electron chi connectivity index (χ0n) is 9.00. The molecule has 1 aromatic carbocycles. The molecule has 1 aromatic rings. The van der Waals surface area contributed by atoms with Crippen LogP contribution in [0.25, 0.3) is 0 Å². The van der Waals surface area contributed by atoms with Gasteiger partial charge < -0.3 is 11.5 Å². The number of hydrogen-bond acceptors (Lipinski definition) is 2. The summed E-state index contributed by atoms with van der Waals surface area (Å²) in [6.07, 6.45) is -3.54. The Labute approximate surface area is 96.6 Å². The minimum atomic E-state index is -4.15. The van der Waals surface area contributed by atoms with Gasteiger partial charge in [-0.3, -0.25) is 4.79 Å². The second-order valence-corrected chi connectivity index (χ2v) is 3.84. The van der Waals surface area contributed by atoms with E-state index in [1.807, 2.05) is 0 Å². The molecule has 1 aliphatic rings. The zero-order chi connectivity index (χ0) is 13.1. The van der Waals surface area contributed by atoms with E-state index in [9.17, 15) is 13.2 Å². The number of nitrogen functional groups attached to an aromatic ring is 1. The normalized spacial score (nSPS) is 16.6. The number of halogens is 3. The number of carbonyl (C=O) groups is 1. The maximum Gasteiger partial charge on any atom is 0.398 e. The van der Waals surface area contributed by atoms with E-state index in [0.717, 1.165) is 0 Å². The van der Waals surface area contributed by atoms with Crippen LogP contribution in [0.4, 0.5) is 18.9 Å². The smallest absolute Gasteiger partial charge is 0.398 e. The first-order valence-electron chi connectivity index (χ1n) is 4.95. The van der Waals surface area contributed by atoms with Crippen LogP contribution in [0.5, 0.6) is 0 Å². The molecule has 0 bridgehead atoms. The van der Waals surface area contributed by atoms with Gasteiger partial charge in [-0.05, 0) is 30.5 Å².